The fourth-order valence-corrected chi connectivity index (χ4v) is 8.64. The van der Waals surface area contributed by atoms with E-state index in [0.29, 0.717) is 11.8 Å². The van der Waals surface area contributed by atoms with Gasteiger partial charge in [0.1, 0.15) is 0 Å². The van der Waals surface area contributed by atoms with Crippen LogP contribution >= 0.6 is 0 Å². The van der Waals surface area contributed by atoms with Crippen LogP contribution in [0.2, 0.25) is 0 Å². The van der Waals surface area contributed by atoms with Crippen LogP contribution in [0.3, 0.4) is 0 Å². The van der Waals surface area contributed by atoms with E-state index in [0.717, 1.165) is 34.1 Å². The Morgan fingerprint density at radius 2 is 0.650 bits per heavy atom. The summed E-state index contributed by atoms with van der Waals surface area (Å²) >= 11 is 0. The van der Waals surface area contributed by atoms with E-state index in [1.54, 1.807) is 0 Å². The summed E-state index contributed by atoms with van der Waals surface area (Å²) < 4.78 is 0. The van der Waals surface area contributed by atoms with Crippen LogP contribution in [0.15, 0.2) is 194 Å². The number of nitrogens with zero attached hydrogens (tertiary/aromatic N) is 2. The summed E-state index contributed by atoms with van der Waals surface area (Å²) in [6.45, 7) is 13.4. The predicted octanol–water partition coefficient (Wildman–Crippen LogP) is 17.1. The minimum Gasteiger partial charge on any atom is -0.310 e. The molecule has 0 aliphatic heterocycles. The molecule has 0 bridgehead atoms. The highest BCUT2D eigenvalue weighted by Gasteiger charge is 2.22. The summed E-state index contributed by atoms with van der Waals surface area (Å²) in [5, 5.41) is 4.87. The fraction of sp³-hybridized carbons (Fsp3) is 0.138. The van der Waals surface area contributed by atoms with Crippen LogP contribution in [-0.2, 0) is 0 Å². The molecule has 0 radical (unpaired) electrons. The summed E-state index contributed by atoms with van der Waals surface area (Å²) in [5.74, 6) is 0.828. The van der Waals surface area contributed by atoms with Gasteiger partial charge in [-0.3, -0.25) is 0 Å². The van der Waals surface area contributed by atoms with Crippen molar-refractivity contribution in [1.82, 2.24) is 0 Å². The number of benzene rings is 9. The maximum atomic E-state index is 2.43. The molecule has 0 unspecified atom stereocenters. The van der Waals surface area contributed by atoms with E-state index in [1.807, 2.05) is 0 Å². The largest absolute Gasteiger partial charge is 0.310 e. The highest BCUT2D eigenvalue weighted by molar-refractivity contribution is 6.22. The number of aryl methyl sites for hydroxylation is 2. The van der Waals surface area contributed by atoms with Crippen molar-refractivity contribution in [2.24, 2.45) is 0 Å². The second-order valence-electron chi connectivity index (χ2n) is 16.8. The molecule has 0 saturated carbocycles. The van der Waals surface area contributed by atoms with Crippen molar-refractivity contribution in [2.45, 2.75) is 53.4 Å². The zero-order chi connectivity index (χ0) is 41.3. The van der Waals surface area contributed by atoms with Crippen LogP contribution in [0.4, 0.5) is 34.1 Å². The van der Waals surface area contributed by atoms with Crippen molar-refractivity contribution in [2.75, 3.05) is 9.80 Å². The molecule has 2 nitrogen and oxygen atoms in total. The number of anilines is 6. The Kier molecular flexibility index (Phi) is 10.5. The topological polar surface area (TPSA) is 6.48 Å². The van der Waals surface area contributed by atoms with E-state index in [-0.39, 0.29) is 0 Å². The van der Waals surface area contributed by atoms with Crippen molar-refractivity contribution < 1.29 is 0 Å². The molecule has 60 heavy (non-hydrogen) atoms. The van der Waals surface area contributed by atoms with Gasteiger partial charge in [0.2, 0.25) is 0 Å². The van der Waals surface area contributed by atoms with Crippen molar-refractivity contribution in [3.05, 3.63) is 216 Å². The van der Waals surface area contributed by atoms with Crippen molar-refractivity contribution in [1.29, 1.82) is 0 Å². The Balaban J connectivity index is 1.36. The number of hydrogen-bond acceptors (Lipinski definition) is 2. The fourth-order valence-electron chi connectivity index (χ4n) is 8.64. The monoisotopic (exact) mass is 776 g/mol. The van der Waals surface area contributed by atoms with Gasteiger partial charge in [-0.15, -0.1) is 0 Å². The quantitative estimate of drug-likeness (QED) is 0.128. The second kappa shape index (κ2) is 16.4. The molecule has 0 aliphatic rings. The first-order valence-electron chi connectivity index (χ1n) is 21.3. The molecular weight excluding hydrogens is 725 g/mol. The lowest BCUT2D eigenvalue weighted by molar-refractivity contribution is 0.866. The minimum absolute atomic E-state index is 0.414. The van der Waals surface area contributed by atoms with E-state index < -0.39 is 0 Å². The molecule has 0 amide bonds. The molecule has 0 heterocycles. The van der Waals surface area contributed by atoms with E-state index in [1.165, 1.54) is 66.1 Å². The Labute approximate surface area is 356 Å². The van der Waals surface area contributed by atoms with Crippen LogP contribution in [-0.4, -0.2) is 0 Å². The molecule has 0 aromatic heterocycles. The van der Waals surface area contributed by atoms with E-state index in [4.69, 9.17) is 0 Å². The lowest BCUT2D eigenvalue weighted by Gasteiger charge is -2.29. The molecule has 0 N–H and O–H groups in total. The van der Waals surface area contributed by atoms with Crippen molar-refractivity contribution in [3.63, 3.8) is 0 Å². The summed E-state index contributed by atoms with van der Waals surface area (Å²) in [7, 11) is 0. The van der Waals surface area contributed by atoms with Gasteiger partial charge in [0, 0.05) is 34.1 Å². The molecule has 9 aromatic carbocycles. The number of rotatable bonds is 10. The van der Waals surface area contributed by atoms with Crippen LogP contribution in [0.5, 0.6) is 0 Å². The summed E-state index contributed by atoms with van der Waals surface area (Å²) in [6.07, 6.45) is 0. The maximum Gasteiger partial charge on any atom is 0.0468 e. The van der Waals surface area contributed by atoms with Crippen LogP contribution < -0.4 is 9.80 Å². The van der Waals surface area contributed by atoms with E-state index in [2.05, 4.69) is 245 Å². The molecule has 0 spiro atoms. The van der Waals surface area contributed by atoms with Crippen LogP contribution in [0.25, 0.3) is 43.8 Å². The van der Waals surface area contributed by atoms with Gasteiger partial charge in [-0.1, -0.05) is 160 Å². The SMILES string of the molecule is Cc1ccc(N(c2cccc(C(C)C)c2)c2ccc3c(-c4ccccc4)c4cc(N(c5ccc(C)cc5)c5cccc(C(C)C)c5)ccc4c(-c4ccccc4)c3c2)cc1. The van der Waals surface area contributed by atoms with Crippen molar-refractivity contribution in [3.8, 4) is 22.3 Å². The van der Waals surface area contributed by atoms with Gasteiger partial charge in [0.05, 0.1) is 0 Å². The highest BCUT2D eigenvalue weighted by Crippen LogP contribution is 2.48. The molecule has 0 saturated heterocycles. The summed E-state index contributed by atoms with van der Waals surface area (Å²) in [6, 6.07) is 72.0. The summed E-state index contributed by atoms with van der Waals surface area (Å²) in [5.41, 5.74) is 16.8. The average molecular weight is 777 g/mol. The molecule has 0 atom stereocenters. The third-order valence-corrected chi connectivity index (χ3v) is 11.9. The average Bonchev–Trinajstić information content (AvgIpc) is 3.28. The smallest absolute Gasteiger partial charge is 0.0468 e. The van der Waals surface area contributed by atoms with Gasteiger partial charge >= 0.3 is 0 Å². The third kappa shape index (κ3) is 7.46. The van der Waals surface area contributed by atoms with Gasteiger partial charge in [-0.2, -0.15) is 0 Å². The molecule has 0 fully saturated rings. The Morgan fingerprint density at radius 1 is 0.300 bits per heavy atom. The predicted molar refractivity (Wildman–Crippen MR) is 259 cm³/mol. The van der Waals surface area contributed by atoms with E-state index >= 15 is 0 Å². The third-order valence-electron chi connectivity index (χ3n) is 11.9. The minimum atomic E-state index is 0.414. The van der Waals surface area contributed by atoms with Gasteiger partial charge in [-0.05, 0) is 153 Å². The first-order valence-corrected chi connectivity index (χ1v) is 21.3. The zero-order valence-corrected chi connectivity index (χ0v) is 35.5. The molecular formula is C58H52N2. The molecule has 2 heteroatoms. The van der Waals surface area contributed by atoms with Crippen LogP contribution in [0.1, 0.15) is 61.8 Å². The first kappa shape index (κ1) is 38.6. The van der Waals surface area contributed by atoms with E-state index in [9.17, 15) is 0 Å². The Bertz CT molecular complexity index is 2720. The Morgan fingerprint density at radius 3 is 1.02 bits per heavy atom. The van der Waals surface area contributed by atoms with Gasteiger partial charge in [-0.25, -0.2) is 0 Å². The molecule has 294 valence electrons. The molecule has 0 aliphatic carbocycles. The molecule has 9 rings (SSSR count). The second-order valence-corrected chi connectivity index (χ2v) is 16.8. The van der Waals surface area contributed by atoms with Gasteiger partial charge in [0.25, 0.3) is 0 Å². The van der Waals surface area contributed by atoms with Crippen molar-refractivity contribution >= 4 is 55.7 Å². The number of fused-ring (bicyclic) bond motifs is 2. The molecule has 9 aromatic rings. The maximum absolute atomic E-state index is 2.43. The zero-order valence-electron chi connectivity index (χ0n) is 35.5. The normalized spacial score (nSPS) is 11.5. The number of hydrogen-bond donors (Lipinski definition) is 0. The first-order chi connectivity index (χ1) is 29.2. The highest BCUT2D eigenvalue weighted by atomic mass is 15.1. The van der Waals surface area contributed by atoms with Gasteiger partial charge in [0.15, 0.2) is 0 Å². The summed E-state index contributed by atoms with van der Waals surface area (Å²) in [4.78, 5) is 4.83. The van der Waals surface area contributed by atoms with Crippen LogP contribution in [0, 0.1) is 13.8 Å². The van der Waals surface area contributed by atoms with Gasteiger partial charge < -0.3 is 9.80 Å². The lowest BCUT2D eigenvalue weighted by atomic mass is 9.85. The standard InChI is InChI=1S/C58H52N2/c1-39(2)45-19-13-21-49(35-45)59(47-27-23-41(5)24-28-47)51-31-33-53-55(37-51)57(43-15-9-7-10-16-43)54-34-32-52(38-56(54)58(53)44-17-11-8-12-18-44)60(48-29-25-42(6)26-30-48)50-22-14-20-46(36-50)40(3)4/h7-40H,1-6H3. The Hall–Kier alpha value is -6.90. The lowest BCUT2D eigenvalue weighted by Crippen LogP contribution is -2.11.